The van der Waals surface area contributed by atoms with E-state index in [4.69, 9.17) is 0 Å². The summed E-state index contributed by atoms with van der Waals surface area (Å²) in [5, 5.41) is 0. The van der Waals surface area contributed by atoms with Crippen LogP contribution in [0, 0.1) is 0 Å². The molecule has 0 bridgehead atoms. The van der Waals surface area contributed by atoms with Crippen LogP contribution in [0.15, 0.2) is 23.3 Å². The van der Waals surface area contributed by atoms with Crippen LogP contribution in [0.2, 0.25) is 0 Å². The molecular weight excluding hydrogens is 91.0 g/mol. The predicted octanol–water partition coefficient (Wildman–Crippen LogP) is 1.63. The third kappa shape index (κ3) is 1.54. The fraction of sp³-hybridized carbons (Fsp3) is 0.429. The van der Waals surface area contributed by atoms with Crippen molar-refractivity contribution in [1.82, 2.24) is 0 Å². The zero-order chi connectivity index (χ0) is 5.28. The third-order valence-electron chi connectivity index (χ3n) is 1.47. The van der Waals surface area contributed by atoms with Crippen LogP contribution >= 0.6 is 0 Å². The Labute approximate surface area is 62.8 Å². The quantitative estimate of drug-likeness (QED) is 0.408. The fourth-order valence-corrected chi connectivity index (χ4v) is 0.716. The van der Waals surface area contributed by atoms with Gasteiger partial charge in [-0.05, 0) is 20.3 Å². The van der Waals surface area contributed by atoms with Crippen molar-refractivity contribution in [2.24, 2.45) is 0 Å². The number of allylic oxidation sites excluding steroid dienone is 4. The van der Waals surface area contributed by atoms with Gasteiger partial charge in [0.25, 0.3) is 0 Å². The van der Waals surface area contributed by atoms with Gasteiger partial charge in [0.1, 0.15) is 0 Å². The second-order valence-corrected chi connectivity index (χ2v) is 2.07. The summed E-state index contributed by atoms with van der Waals surface area (Å²) in [7, 11) is 0. The minimum absolute atomic E-state index is 0. The molecule has 1 heteroatoms. The number of rotatable bonds is 0. The Balaban J connectivity index is 0.000000490. The van der Waals surface area contributed by atoms with E-state index in [0.29, 0.717) is 0 Å². The fourth-order valence-electron chi connectivity index (χ4n) is 0.716. The van der Waals surface area contributed by atoms with E-state index in [-0.39, 0.29) is 18.9 Å². The van der Waals surface area contributed by atoms with Gasteiger partial charge >= 0.3 is 18.9 Å². The number of hydrogen-bond acceptors (Lipinski definition) is 0. The van der Waals surface area contributed by atoms with Crippen molar-refractivity contribution < 1.29 is 0 Å². The van der Waals surface area contributed by atoms with E-state index >= 15 is 0 Å². The van der Waals surface area contributed by atoms with Crippen LogP contribution in [0.3, 0.4) is 0 Å². The normalized spacial score (nSPS) is 16.8. The molecule has 0 heterocycles. The van der Waals surface area contributed by atoms with Crippen molar-refractivity contribution in [2.45, 2.75) is 20.3 Å². The van der Waals surface area contributed by atoms with Crippen molar-refractivity contribution in [3.05, 3.63) is 23.3 Å². The first-order chi connectivity index (χ1) is 3.30. The molecule has 8 heavy (non-hydrogen) atoms. The van der Waals surface area contributed by atoms with Gasteiger partial charge in [0, 0.05) is 0 Å². The first-order valence-corrected chi connectivity index (χ1v) is 2.63. The molecule has 1 rings (SSSR count). The van der Waals surface area contributed by atoms with Gasteiger partial charge in [-0.15, -0.1) is 0 Å². The molecule has 0 N–H and O–H groups in total. The van der Waals surface area contributed by atoms with Gasteiger partial charge in [-0.1, -0.05) is 23.3 Å². The van der Waals surface area contributed by atoms with Crippen molar-refractivity contribution in [3.8, 4) is 0 Å². The zero-order valence-electron chi connectivity index (χ0n) is 4.86. The molecule has 0 unspecified atom stereocenters. The topological polar surface area (TPSA) is 0 Å². The first-order valence-electron chi connectivity index (χ1n) is 2.63. The Morgan fingerprint density at radius 2 is 2.00 bits per heavy atom. The molecule has 40 valence electrons. The van der Waals surface area contributed by atoms with Gasteiger partial charge in [0.05, 0.1) is 0 Å². The van der Waals surface area contributed by atoms with Crippen molar-refractivity contribution >= 4 is 18.9 Å². The molecule has 0 radical (unpaired) electrons. The van der Waals surface area contributed by atoms with Gasteiger partial charge in [-0.3, -0.25) is 0 Å². The van der Waals surface area contributed by atoms with Gasteiger partial charge < -0.3 is 0 Å². The summed E-state index contributed by atoms with van der Waals surface area (Å²) >= 11 is 0. The molecule has 0 nitrogen and oxygen atoms in total. The molecule has 1 aliphatic rings. The van der Waals surface area contributed by atoms with Gasteiger partial charge in [-0.2, -0.15) is 0 Å². The van der Waals surface area contributed by atoms with E-state index in [0.717, 1.165) is 0 Å². The Kier molecular flexibility index (Phi) is 3.20. The average molecular weight is 102 g/mol. The first kappa shape index (κ1) is 8.08. The second-order valence-electron chi connectivity index (χ2n) is 2.07. The van der Waals surface area contributed by atoms with Crippen molar-refractivity contribution in [2.75, 3.05) is 0 Å². The molecule has 0 aromatic heterocycles. The summed E-state index contributed by atoms with van der Waals surface area (Å²) in [6.45, 7) is 4.33. The monoisotopic (exact) mass is 102 g/mol. The molecule has 1 aliphatic carbocycles. The van der Waals surface area contributed by atoms with Crippen molar-refractivity contribution in [1.29, 1.82) is 0 Å². The molecule has 0 aromatic rings. The van der Waals surface area contributed by atoms with E-state index < -0.39 is 0 Å². The SMILES string of the molecule is CC1=C(C)CC=C1.[LiH]. The Hall–Kier alpha value is 0.0774. The second kappa shape index (κ2) is 3.17. The van der Waals surface area contributed by atoms with E-state index in [1.807, 2.05) is 0 Å². The van der Waals surface area contributed by atoms with E-state index in [1.165, 1.54) is 17.6 Å². The summed E-state index contributed by atoms with van der Waals surface area (Å²) in [6.07, 6.45) is 5.55. The molecule has 0 spiro atoms. The van der Waals surface area contributed by atoms with E-state index in [9.17, 15) is 0 Å². The van der Waals surface area contributed by atoms with Crippen LogP contribution in [-0.2, 0) is 0 Å². The predicted molar refractivity (Wildman–Crippen MR) is 39.3 cm³/mol. The average Bonchev–Trinajstić information content (AvgIpc) is 1.91. The van der Waals surface area contributed by atoms with Gasteiger partial charge in [0.2, 0.25) is 0 Å². The summed E-state index contributed by atoms with van der Waals surface area (Å²) in [5.41, 5.74) is 2.96. The Bertz CT molecular complexity index is 131. The van der Waals surface area contributed by atoms with Gasteiger partial charge in [-0.25, -0.2) is 0 Å². The van der Waals surface area contributed by atoms with Crippen LogP contribution in [0.5, 0.6) is 0 Å². The van der Waals surface area contributed by atoms with Crippen molar-refractivity contribution in [3.63, 3.8) is 0 Å². The van der Waals surface area contributed by atoms with E-state index in [1.54, 1.807) is 0 Å². The summed E-state index contributed by atoms with van der Waals surface area (Å²) < 4.78 is 0. The molecule has 0 saturated carbocycles. The standard InChI is InChI=1S/C7H10.Li.H/c1-6-4-3-5-7(6)2;;/h3-4H,5H2,1-2H3;;. The third-order valence-corrected chi connectivity index (χ3v) is 1.47. The number of hydrogen-bond donors (Lipinski definition) is 0. The summed E-state index contributed by atoms with van der Waals surface area (Å²) in [4.78, 5) is 0. The Morgan fingerprint density at radius 3 is 2.12 bits per heavy atom. The molecule has 0 saturated heterocycles. The van der Waals surface area contributed by atoms with Crippen LogP contribution in [0.4, 0.5) is 0 Å². The molecule has 0 aromatic carbocycles. The Morgan fingerprint density at radius 1 is 1.38 bits per heavy atom. The van der Waals surface area contributed by atoms with Gasteiger partial charge in [0.15, 0.2) is 0 Å². The van der Waals surface area contributed by atoms with Crippen LogP contribution in [0.25, 0.3) is 0 Å². The molecule has 0 aliphatic heterocycles. The van der Waals surface area contributed by atoms with Crippen LogP contribution < -0.4 is 0 Å². The molecule has 0 fully saturated rings. The maximum absolute atomic E-state index is 2.20. The van der Waals surface area contributed by atoms with Crippen LogP contribution in [-0.4, -0.2) is 18.9 Å². The molecular formula is C7H11Li. The zero-order valence-corrected chi connectivity index (χ0v) is 4.86. The van der Waals surface area contributed by atoms with E-state index in [2.05, 4.69) is 26.0 Å². The van der Waals surface area contributed by atoms with Crippen LogP contribution in [0.1, 0.15) is 20.3 Å². The summed E-state index contributed by atoms with van der Waals surface area (Å²) in [6, 6.07) is 0. The molecule has 0 atom stereocenters. The minimum atomic E-state index is 0. The summed E-state index contributed by atoms with van der Waals surface area (Å²) in [5.74, 6) is 0. The maximum atomic E-state index is 2.20. The molecule has 0 amide bonds.